The molecule has 0 amide bonds. The van der Waals surface area contributed by atoms with Crippen LogP contribution in [0.25, 0.3) is 22.2 Å². The van der Waals surface area contributed by atoms with Gasteiger partial charge in [-0.25, -0.2) is 0 Å². The monoisotopic (exact) mass is 250 g/mol. The van der Waals surface area contributed by atoms with Crippen molar-refractivity contribution in [2.75, 3.05) is 7.11 Å². The van der Waals surface area contributed by atoms with Gasteiger partial charge in [0, 0.05) is 10.9 Å². The molecule has 2 aromatic carbocycles. The third kappa shape index (κ3) is 2.15. The van der Waals surface area contributed by atoms with E-state index >= 15 is 0 Å². The minimum Gasteiger partial charge on any atom is -0.496 e. The van der Waals surface area contributed by atoms with E-state index < -0.39 is 0 Å². The molecule has 0 saturated carbocycles. The Hall–Kier alpha value is -2.42. The predicted octanol–water partition coefficient (Wildman–Crippen LogP) is 3.61. The standard InChI is InChI=1S/C16H14N2O/c1-11-6-8-12(9-7-11)15-10-13-14(17-18-15)4-3-5-16(13)19-2/h3-10H,1-2H3. The summed E-state index contributed by atoms with van der Waals surface area (Å²) in [6, 6.07) is 16.1. The number of ether oxygens (including phenoxy) is 1. The molecular formula is C16H14N2O. The Morgan fingerprint density at radius 3 is 2.47 bits per heavy atom. The predicted molar refractivity (Wildman–Crippen MR) is 76.3 cm³/mol. The lowest BCUT2D eigenvalue weighted by atomic mass is 10.1. The van der Waals surface area contributed by atoms with Crippen LogP contribution >= 0.6 is 0 Å². The van der Waals surface area contributed by atoms with E-state index in [1.54, 1.807) is 7.11 Å². The van der Waals surface area contributed by atoms with Crippen molar-refractivity contribution in [3.8, 4) is 17.0 Å². The van der Waals surface area contributed by atoms with Crippen LogP contribution < -0.4 is 4.74 Å². The topological polar surface area (TPSA) is 35.0 Å². The second-order valence-electron chi connectivity index (χ2n) is 4.49. The maximum atomic E-state index is 5.37. The third-order valence-electron chi connectivity index (χ3n) is 3.16. The molecule has 0 aliphatic carbocycles. The Morgan fingerprint density at radius 1 is 0.947 bits per heavy atom. The van der Waals surface area contributed by atoms with Gasteiger partial charge in [-0.05, 0) is 25.1 Å². The number of aromatic nitrogens is 2. The molecule has 1 heterocycles. The van der Waals surface area contributed by atoms with Crippen LogP contribution in [0.2, 0.25) is 0 Å². The smallest absolute Gasteiger partial charge is 0.128 e. The number of methoxy groups -OCH3 is 1. The van der Waals surface area contributed by atoms with E-state index in [9.17, 15) is 0 Å². The Bertz CT molecular complexity index is 720. The van der Waals surface area contributed by atoms with Crippen molar-refractivity contribution in [2.45, 2.75) is 6.92 Å². The first-order valence-electron chi connectivity index (χ1n) is 6.15. The van der Waals surface area contributed by atoms with Gasteiger partial charge < -0.3 is 4.74 Å². The molecular weight excluding hydrogens is 236 g/mol. The molecule has 0 aliphatic rings. The van der Waals surface area contributed by atoms with Gasteiger partial charge in [0.25, 0.3) is 0 Å². The minimum atomic E-state index is 0.820. The van der Waals surface area contributed by atoms with Crippen LogP contribution in [-0.4, -0.2) is 17.3 Å². The normalized spacial score (nSPS) is 10.6. The number of aryl methyl sites for hydroxylation is 1. The second kappa shape index (κ2) is 4.69. The van der Waals surface area contributed by atoms with E-state index in [1.807, 2.05) is 24.3 Å². The molecule has 0 N–H and O–H groups in total. The lowest BCUT2D eigenvalue weighted by Gasteiger charge is -2.06. The van der Waals surface area contributed by atoms with Crippen LogP contribution in [0.3, 0.4) is 0 Å². The fourth-order valence-corrected chi connectivity index (χ4v) is 2.08. The third-order valence-corrected chi connectivity index (χ3v) is 3.16. The molecule has 0 bridgehead atoms. The lowest BCUT2D eigenvalue weighted by molar-refractivity contribution is 0.419. The Balaban J connectivity index is 2.18. The Kier molecular flexibility index (Phi) is 2.88. The van der Waals surface area contributed by atoms with Gasteiger partial charge in [0.15, 0.2) is 0 Å². The zero-order chi connectivity index (χ0) is 13.2. The molecule has 0 aliphatic heterocycles. The Morgan fingerprint density at radius 2 is 1.74 bits per heavy atom. The van der Waals surface area contributed by atoms with Crippen LogP contribution in [0, 0.1) is 6.92 Å². The average molecular weight is 250 g/mol. The van der Waals surface area contributed by atoms with E-state index in [2.05, 4.69) is 41.4 Å². The second-order valence-corrected chi connectivity index (χ2v) is 4.49. The average Bonchev–Trinajstić information content (AvgIpc) is 2.47. The van der Waals surface area contributed by atoms with Crippen molar-refractivity contribution < 1.29 is 4.74 Å². The molecule has 0 spiro atoms. The number of nitrogens with zero attached hydrogens (tertiary/aromatic N) is 2. The van der Waals surface area contributed by atoms with Crippen LogP contribution in [-0.2, 0) is 0 Å². The van der Waals surface area contributed by atoms with E-state index in [-0.39, 0.29) is 0 Å². The van der Waals surface area contributed by atoms with Gasteiger partial charge in [0.05, 0.1) is 18.3 Å². The highest BCUT2D eigenvalue weighted by Crippen LogP contribution is 2.27. The molecule has 0 radical (unpaired) electrons. The number of hydrogen-bond donors (Lipinski definition) is 0. The van der Waals surface area contributed by atoms with Gasteiger partial charge in [-0.3, -0.25) is 0 Å². The first kappa shape index (κ1) is 11.7. The lowest BCUT2D eigenvalue weighted by Crippen LogP contribution is -1.92. The first-order chi connectivity index (χ1) is 9.28. The van der Waals surface area contributed by atoms with Gasteiger partial charge in [-0.2, -0.15) is 0 Å². The molecule has 0 unspecified atom stereocenters. The van der Waals surface area contributed by atoms with Crippen molar-refractivity contribution in [3.63, 3.8) is 0 Å². The molecule has 3 nitrogen and oxygen atoms in total. The van der Waals surface area contributed by atoms with Crippen LogP contribution in [0.15, 0.2) is 48.5 Å². The molecule has 0 fully saturated rings. The minimum absolute atomic E-state index is 0.820. The number of fused-ring (bicyclic) bond motifs is 1. The van der Waals surface area contributed by atoms with Crippen molar-refractivity contribution in [2.24, 2.45) is 0 Å². The molecule has 0 atom stereocenters. The zero-order valence-electron chi connectivity index (χ0n) is 10.9. The summed E-state index contributed by atoms with van der Waals surface area (Å²) in [5, 5.41) is 9.52. The maximum Gasteiger partial charge on any atom is 0.128 e. The number of benzene rings is 2. The maximum absolute atomic E-state index is 5.37. The van der Waals surface area contributed by atoms with Crippen LogP contribution in [0.5, 0.6) is 5.75 Å². The van der Waals surface area contributed by atoms with Gasteiger partial charge in [-0.15, -0.1) is 10.2 Å². The van der Waals surface area contributed by atoms with E-state index in [4.69, 9.17) is 4.74 Å². The van der Waals surface area contributed by atoms with E-state index in [0.29, 0.717) is 0 Å². The molecule has 3 rings (SSSR count). The summed E-state index contributed by atoms with van der Waals surface area (Å²) >= 11 is 0. The molecule has 94 valence electrons. The fourth-order valence-electron chi connectivity index (χ4n) is 2.08. The van der Waals surface area contributed by atoms with Gasteiger partial charge in [0.1, 0.15) is 5.75 Å². The summed E-state index contributed by atoms with van der Waals surface area (Å²) in [7, 11) is 1.67. The van der Waals surface area contributed by atoms with Crippen LogP contribution in [0.4, 0.5) is 0 Å². The van der Waals surface area contributed by atoms with E-state index in [1.165, 1.54) is 5.56 Å². The Labute approximate surface area is 111 Å². The molecule has 19 heavy (non-hydrogen) atoms. The number of hydrogen-bond acceptors (Lipinski definition) is 3. The largest absolute Gasteiger partial charge is 0.496 e. The highest BCUT2D eigenvalue weighted by molar-refractivity contribution is 5.87. The molecule has 1 aromatic heterocycles. The zero-order valence-corrected chi connectivity index (χ0v) is 10.9. The van der Waals surface area contributed by atoms with Crippen molar-refractivity contribution in [1.29, 1.82) is 0 Å². The van der Waals surface area contributed by atoms with Gasteiger partial charge in [0.2, 0.25) is 0 Å². The first-order valence-corrected chi connectivity index (χ1v) is 6.15. The summed E-state index contributed by atoms with van der Waals surface area (Å²) in [6.07, 6.45) is 0. The molecule has 3 heteroatoms. The van der Waals surface area contributed by atoms with Crippen LogP contribution in [0.1, 0.15) is 5.56 Å². The summed E-state index contributed by atoms with van der Waals surface area (Å²) in [6.45, 7) is 2.07. The summed E-state index contributed by atoms with van der Waals surface area (Å²) in [5.41, 5.74) is 3.99. The highest BCUT2D eigenvalue weighted by Gasteiger charge is 2.06. The SMILES string of the molecule is COc1cccc2nnc(-c3ccc(C)cc3)cc12. The van der Waals surface area contributed by atoms with E-state index in [0.717, 1.165) is 27.9 Å². The fraction of sp³-hybridized carbons (Fsp3) is 0.125. The summed E-state index contributed by atoms with van der Waals surface area (Å²) in [5.74, 6) is 0.820. The highest BCUT2D eigenvalue weighted by atomic mass is 16.5. The van der Waals surface area contributed by atoms with Crippen molar-refractivity contribution >= 4 is 10.9 Å². The summed E-state index contributed by atoms with van der Waals surface area (Å²) < 4.78 is 5.37. The number of rotatable bonds is 2. The molecule has 3 aromatic rings. The van der Waals surface area contributed by atoms with Gasteiger partial charge >= 0.3 is 0 Å². The molecule has 0 saturated heterocycles. The van der Waals surface area contributed by atoms with Gasteiger partial charge in [-0.1, -0.05) is 35.9 Å². The quantitative estimate of drug-likeness (QED) is 0.696. The summed E-state index contributed by atoms with van der Waals surface area (Å²) in [4.78, 5) is 0. The van der Waals surface area contributed by atoms with Crippen molar-refractivity contribution in [1.82, 2.24) is 10.2 Å². The van der Waals surface area contributed by atoms with Crippen molar-refractivity contribution in [3.05, 3.63) is 54.1 Å².